The van der Waals surface area contributed by atoms with Crippen LogP contribution in [0.5, 0.6) is 0 Å². The van der Waals surface area contributed by atoms with Crippen LogP contribution in [-0.4, -0.2) is 12.0 Å². The lowest BCUT2D eigenvalue weighted by molar-refractivity contribution is 0.618. The normalized spacial score (nSPS) is 10.4. The highest BCUT2D eigenvalue weighted by atomic mass is 19.1. The zero-order valence-corrected chi connectivity index (χ0v) is 9.90. The minimum Gasteiger partial charge on any atom is -0.329 e. The molecule has 2 rings (SSSR count). The van der Waals surface area contributed by atoms with E-state index in [-0.39, 0.29) is 12.4 Å². The van der Waals surface area contributed by atoms with E-state index in [1.807, 2.05) is 0 Å². The van der Waals surface area contributed by atoms with Crippen LogP contribution in [0.4, 0.5) is 20.3 Å². The fourth-order valence-corrected chi connectivity index (χ4v) is 1.73. The van der Waals surface area contributed by atoms with E-state index in [0.717, 1.165) is 6.20 Å². The average molecular weight is 249 g/mol. The van der Waals surface area contributed by atoms with Gasteiger partial charge in [-0.15, -0.1) is 0 Å². The summed E-state index contributed by atoms with van der Waals surface area (Å²) in [5.41, 5.74) is 6.76. The van der Waals surface area contributed by atoms with E-state index in [0.29, 0.717) is 17.1 Å². The van der Waals surface area contributed by atoms with Gasteiger partial charge in [0, 0.05) is 24.8 Å². The molecular weight excluding hydrogens is 236 g/mol. The molecule has 0 fully saturated rings. The molecule has 0 aliphatic heterocycles. The molecule has 5 heteroatoms. The molecule has 0 bridgehead atoms. The zero-order valence-electron chi connectivity index (χ0n) is 9.90. The molecule has 0 saturated heterocycles. The van der Waals surface area contributed by atoms with Gasteiger partial charge in [0.05, 0.1) is 6.20 Å². The number of hydrogen-bond donors (Lipinski definition) is 1. The number of halogens is 2. The summed E-state index contributed by atoms with van der Waals surface area (Å²) in [6.07, 6.45) is 1.12. The van der Waals surface area contributed by atoms with Crippen LogP contribution < -0.4 is 10.6 Å². The molecule has 2 aromatic rings. The standard InChI is InChI=1S/C13H13F2N3/c1-18(12-4-2-3-10(14)6-12)13-9(7-16)5-11(15)8-17-13/h2-6,8H,7,16H2,1H3. The maximum absolute atomic E-state index is 13.2. The third-order valence-electron chi connectivity index (χ3n) is 2.64. The summed E-state index contributed by atoms with van der Waals surface area (Å²) < 4.78 is 26.2. The Hall–Kier alpha value is -2.01. The van der Waals surface area contributed by atoms with Gasteiger partial charge in [-0.3, -0.25) is 0 Å². The minimum absolute atomic E-state index is 0.166. The number of rotatable bonds is 3. The first kappa shape index (κ1) is 12.4. The van der Waals surface area contributed by atoms with Crippen molar-refractivity contribution in [1.29, 1.82) is 0 Å². The van der Waals surface area contributed by atoms with E-state index < -0.39 is 5.82 Å². The van der Waals surface area contributed by atoms with Gasteiger partial charge in [0.1, 0.15) is 17.5 Å². The van der Waals surface area contributed by atoms with Crippen LogP contribution in [0.1, 0.15) is 5.56 Å². The second kappa shape index (κ2) is 5.10. The third-order valence-corrected chi connectivity index (χ3v) is 2.64. The molecule has 0 saturated carbocycles. The SMILES string of the molecule is CN(c1cccc(F)c1)c1ncc(F)cc1CN. The van der Waals surface area contributed by atoms with Crippen LogP contribution in [0.25, 0.3) is 0 Å². The van der Waals surface area contributed by atoms with E-state index in [4.69, 9.17) is 5.73 Å². The summed E-state index contributed by atoms with van der Waals surface area (Å²) in [5.74, 6) is -0.257. The molecule has 18 heavy (non-hydrogen) atoms. The first-order valence-corrected chi connectivity index (χ1v) is 5.45. The summed E-state index contributed by atoms with van der Waals surface area (Å²) in [6.45, 7) is 0.166. The number of anilines is 2. The minimum atomic E-state index is -0.438. The molecule has 0 spiro atoms. The Morgan fingerprint density at radius 3 is 2.67 bits per heavy atom. The van der Waals surface area contributed by atoms with E-state index in [1.54, 1.807) is 24.1 Å². The molecule has 1 aromatic heterocycles. The topological polar surface area (TPSA) is 42.2 Å². The molecule has 0 aliphatic carbocycles. The maximum Gasteiger partial charge on any atom is 0.141 e. The molecule has 3 nitrogen and oxygen atoms in total. The molecule has 0 atom stereocenters. The predicted octanol–water partition coefficient (Wildman–Crippen LogP) is 2.59. The first-order valence-electron chi connectivity index (χ1n) is 5.45. The van der Waals surface area contributed by atoms with Gasteiger partial charge < -0.3 is 10.6 Å². The molecule has 1 aromatic carbocycles. The Kier molecular flexibility index (Phi) is 3.53. The highest BCUT2D eigenvalue weighted by molar-refractivity contribution is 5.61. The second-order valence-corrected chi connectivity index (χ2v) is 3.88. The van der Waals surface area contributed by atoms with Crippen molar-refractivity contribution >= 4 is 11.5 Å². The van der Waals surface area contributed by atoms with Crippen LogP contribution in [0, 0.1) is 11.6 Å². The predicted molar refractivity (Wildman–Crippen MR) is 66.5 cm³/mol. The van der Waals surface area contributed by atoms with Gasteiger partial charge in [-0.25, -0.2) is 13.8 Å². The van der Waals surface area contributed by atoms with Crippen molar-refractivity contribution in [3.05, 3.63) is 53.7 Å². The van der Waals surface area contributed by atoms with Gasteiger partial charge in [0.15, 0.2) is 0 Å². The van der Waals surface area contributed by atoms with Gasteiger partial charge in [-0.1, -0.05) is 6.07 Å². The fraction of sp³-hybridized carbons (Fsp3) is 0.154. The lowest BCUT2D eigenvalue weighted by Crippen LogP contribution is -2.15. The van der Waals surface area contributed by atoms with Crippen molar-refractivity contribution in [3.63, 3.8) is 0 Å². The van der Waals surface area contributed by atoms with Crippen molar-refractivity contribution in [3.8, 4) is 0 Å². The van der Waals surface area contributed by atoms with Crippen molar-refractivity contribution in [2.24, 2.45) is 5.73 Å². The number of nitrogens with zero attached hydrogens (tertiary/aromatic N) is 2. The van der Waals surface area contributed by atoms with Gasteiger partial charge >= 0.3 is 0 Å². The lowest BCUT2D eigenvalue weighted by Gasteiger charge is -2.20. The van der Waals surface area contributed by atoms with Crippen molar-refractivity contribution in [1.82, 2.24) is 4.98 Å². The summed E-state index contributed by atoms with van der Waals surface area (Å²) in [6, 6.07) is 7.42. The van der Waals surface area contributed by atoms with E-state index >= 15 is 0 Å². The monoisotopic (exact) mass is 249 g/mol. The molecule has 2 N–H and O–H groups in total. The largest absolute Gasteiger partial charge is 0.329 e. The Morgan fingerprint density at radius 1 is 1.22 bits per heavy atom. The van der Waals surface area contributed by atoms with Gasteiger partial charge in [-0.2, -0.15) is 0 Å². The van der Waals surface area contributed by atoms with Gasteiger partial charge in [0.25, 0.3) is 0 Å². The third kappa shape index (κ3) is 2.46. The quantitative estimate of drug-likeness (QED) is 0.909. The molecule has 0 aliphatic rings. The van der Waals surface area contributed by atoms with Crippen LogP contribution in [0.2, 0.25) is 0 Å². The first-order chi connectivity index (χ1) is 8.61. The van der Waals surface area contributed by atoms with Crippen molar-refractivity contribution in [2.45, 2.75) is 6.54 Å². The highest BCUT2D eigenvalue weighted by Crippen LogP contribution is 2.25. The molecule has 1 heterocycles. The fourth-order valence-electron chi connectivity index (χ4n) is 1.73. The van der Waals surface area contributed by atoms with Crippen LogP contribution in [0.3, 0.4) is 0 Å². The summed E-state index contributed by atoms with van der Waals surface area (Å²) in [5, 5.41) is 0. The molecule has 0 amide bonds. The highest BCUT2D eigenvalue weighted by Gasteiger charge is 2.11. The van der Waals surface area contributed by atoms with E-state index in [1.165, 1.54) is 18.2 Å². The number of nitrogens with two attached hydrogens (primary N) is 1. The number of hydrogen-bond acceptors (Lipinski definition) is 3. The molecule has 0 unspecified atom stereocenters. The van der Waals surface area contributed by atoms with Crippen LogP contribution >= 0.6 is 0 Å². The van der Waals surface area contributed by atoms with E-state index in [9.17, 15) is 8.78 Å². The summed E-state index contributed by atoms with van der Waals surface area (Å²) in [4.78, 5) is 5.67. The molecular formula is C13H13F2N3. The van der Waals surface area contributed by atoms with Crippen LogP contribution in [0.15, 0.2) is 36.5 Å². The van der Waals surface area contributed by atoms with Gasteiger partial charge in [-0.05, 0) is 24.3 Å². The molecule has 0 radical (unpaired) electrons. The zero-order chi connectivity index (χ0) is 13.1. The maximum atomic E-state index is 13.2. The summed E-state index contributed by atoms with van der Waals surface area (Å²) >= 11 is 0. The second-order valence-electron chi connectivity index (χ2n) is 3.88. The Morgan fingerprint density at radius 2 is 2.00 bits per heavy atom. The molecule has 94 valence electrons. The summed E-state index contributed by atoms with van der Waals surface area (Å²) in [7, 11) is 1.73. The smallest absolute Gasteiger partial charge is 0.141 e. The van der Waals surface area contributed by atoms with Gasteiger partial charge in [0.2, 0.25) is 0 Å². The number of benzene rings is 1. The Labute approximate surface area is 104 Å². The van der Waals surface area contributed by atoms with Crippen molar-refractivity contribution in [2.75, 3.05) is 11.9 Å². The Bertz CT molecular complexity index is 558. The van der Waals surface area contributed by atoms with E-state index in [2.05, 4.69) is 4.98 Å². The number of aromatic nitrogens is 1. The van der Waals surface area contributed by atoms with Crippen molar-refractivity contribution < 1.29 is 8.78 Å². The van der Waals surface area contributed by atoms with Crippen LogP contribution in [-0.2, 0) is 6.54 Å². The lowest BCUT2D eigenvalue weighted by atomic mass is 10.2. The average Bonchev–Trinajstić information content (AvgIpc) is 2.37. The Balaban J connectivity index is 2.42. The number of pyridine rings is 1.